The van der Waals surface area contributed by atoms with Crippen LogP contribution in [0.3, 0.4) is 0 Å². The number of amides is 1. The Morgan fingerprint density at radius 2 is 2.09 bits per heavy atom. The number of hydrogen-bond donors (Lipinski definition) is 1. The predicted molar refractivity (Wildman–Crippen MR) is 84.1 cm³/mol. The van der Waals surface area contributed by atoms with Crippen LogP contribution in [0.5, 0.6) is 0 Å². The monoisotopic (exact) mass is 313 g/mol. The Labute approximate surface area is 134 Å². The number of carboxylic acids is 1. The molecule has 120 valence electrons. The highest BCUT2D eigenvalue weighted by atomic mass is 16.4. The number of aliphatic carboxylic acids is 1. The third kappa shape index (κ3) is 3.41. The van der Waals surface area contributed by atoms with Crippen LogP contribution in [0.15, 0.2) is 42.7 Å². The van der Waals surface area contributed by atoms with E-state index >= 15 is 0 Å². The van der Waals surface area contributed by atoms with Gasteiger partial charge < -0.3 is 10.0 Å². The molecule has 23 heavy (non-hydrogen) atoms. The van der Waals surface area contributed by atoms with Gasteiger partial charge >= 0.3 is 5.97 Å². The highest BCUT2D eigenvalue weighted by Crippen LogP contribution is 2.24. The van der Waals surface area contributed by atoms with E-state index < -0.39 is 5.97 Å². The Morgan fingerprint density at radius 1 is 1.26 bits per heavy atom. The summed E-state index contributed by atoms with van der Waals surface area (Å²) < 4.78 is 1.77. The molecule has 2 heterocycles. The van der Waals surface area contributed by atoms with Gasteiger partial charge in [0.2, 0.25) is 0 Å². The zero-order valence-corrected chi connectivity index (χ0v) is 12.8. The van der Waals surface area contributed by atoms with Crippen LogP contribution < -0.4 is 0 Å². The lowest BCUT2D eigenvalue weighted by atomic mass is 10.0. The van der Waals surface area contributed by atoms with E-state index in [1.54, 1.807) is 21.8 Å². The first-order valence-electron chi connectivity index (χ1n) is 7.73. The number of nitrogens with zero attached hydrogens (tertiary/aromatic N) is 3. The number of benzene rings is 1. The molecular formula is C17H19N3O3. The predicted octanol–water partition coefficient (Wildman–Crippen LogP) is 2.01. The largest absolute Gasteiger partial charge is 0.481 e. The van der Waals surface area contributed by atoms with Crippen LogP contribution >= 0.6 is 0 Å². The van der Waals surface area contributed by atoms with Gasteiger partial charge in [0.25, 0.3) is 5.91 Å². The Kier molecular flexibility index (Phi) is 4.41. The van der Waals surface area contributed by atoms with Crippen LogP contribution in [0.1, 0.15) is 35.2 Å². The van der Waals surface area contributed by atoms with Gasteiger partial charge in [0.1, 0.15) is 0 Å². The van der Waals surface area contributed by atoms with Gasteiger partial charge in [-0.25, -0.2) is 0 Å². The molecule has 1 aromatic heterocycles. The Bertz CT molecular complexity index is 697. The first kappa shape index (κ1) is 15.3. The fourth-order valence-electron chi connectivity index (χ4n) is 3.11. The Balaban J connectivity index is 1.83. The van der Waals surface area contributed by atoms with E-state index in [0.717, 1.165) is 18.4 Å². The highest BCUT2D eigenvalue weighted by Gasteiger charge is 2.31. The van der Waals surface area contributed by atoms with Gasteiger partial charge in [-0.3, -0.25) is 14.3 Å². The number of carbonyl (C=O) groups excluding carboxylic acids is 1. The van der Waals surface area contributed by atoms with Gasteiger partial charge in [-0.2, -0.15) is 5.10 Å². The minimum Gasteiger partial charge on any atom is -0.481 e. The number of likely N-dealkylation sites (tertiary alicyclic amines) is 1. The number of rotatable bonds is 5. The molecule has 1 unspecified atom stereocenters. The maximum absolute atomic E-state index is 12.9. The maximum atomic E-state index is 12.9. The van der Waals surface area contributed by atoms with Crippen LogP contribution in [-0.4, -0.2) is 44.3 Å². The van der Waals surface area contributed by atoms with Crippen molar-refractivity contribution in [3.8, 4) is 0 Å². The SMILES string of the molecule is O=C(O)CC1CCCN1C(=O)c1ccccc1Cn1cccn1. The average molecular weight is 313 g/mol. The lowest BCUT2D eigenvalue weighted by Crippen LogP contribution is -2.37. The summed E-state index contributed by atoms with van der Waals surface area (Å²) in [5, 5.41) is 13.2. The fraction of sp³-hybridized carbons (Fsp3) is 0.353. The van der Waals surface area contributed by atoms with Crippen LogP contribution in [0, 0.1) is 0 Å². The van der Waals surface area contributed by atoms with E-state index in [9.17, 15) is 9.59 Å². The fourth-order valence-corrected chi connectivity index (χ4v) is 3.11. The molecule has 1 aliphatic heterocycles. The Hall–Kier alpha value is -2.63. The van der Waals surface area contributed by atoms with Gasteiger partial charge in [-0.05, 0) is 30.5 Å². The van der Waals surface area contributed by atoms with Crippen molar-refractivity contribution >= 4 is 11.9 Å². The summed E-state index contributed by atoms with van der Waals surface area (Å²) >= 11 is 0. The van der Waals surface area contributed by atoms with Crippen molar-refractivity contribution in [3.63, 3.8) is 0 Å². The molecule has 1 amide bonds. The van der Waals surface area contributed by atoms with Crippen molar-refractivity contribution in [2.24, 2.45) is 0 Å². The molecule has 1 N–H and O–H groups in total. The molecule has 0 radical (unpaired) electrons. The summed E-state index contributed by atoms with van der Waals surface area (Å²) in [6.45, 7) is 1.14. The van der Waals surface area contributed by atoms with Gasteiger partial charge in [0.15, 0.2) is 0 Å². The van der Waals surface area contributed by atoms with Crippen molar-refractivity contribution in [1.82, 2.24) is 14.7 Å². The van der Waals surface area contributed by atoms with E-state index in [-0.39, 0.29) is 18.4 Å². The third-order valence-electron chi connectivity index (χ3n) is 4.19. The summed E-state index contributed by atoms with van der Waals surface area (Å²) in [4.78, 5) is 25.6. The van der Waals surface area contributed by atoms with E-state index in [2.05, 4.69) is 5.10 Å². The number of hydrogen-bond acceptors (Lipinski definition) is 3. The number of carboxylic acid groups (broad SMARTS) is 1. The third-order valence-corrected chi connectivity index (χ3v) is 4.19. The van der Waals surface area contributed by atoms with Crippen molar-refractivity contribution in [3.05, 3.63) is 53.9 Å². The summed E-state index contributed by atoms with van der Waals surface area (Å²) in [6, 6.07) is 9.08. The van der Waals surface area contributed by atoms with Crippen LogP contribution in [0.2, 0.25) is 0 Å². The zero-order valence-electron chi connectivity index (χ0n) is 12.8. The molecule has 0 bridgehead atoms. The summed E-state index contributed by atoms with van der Waals surface area (Å²) in [7, 11) is 0. The van der Waals surface area contributed by atoms with Gasteiger partial charge in [0.05, 0.1) is 13.0 Å². The molecule has 1 fully saturated rings. The molecule has 0 saturated carbocycles. The van der Waals surface area contributed by atoms with Gasteiger partial charge in [-0.15, -0.1) is 0 Å². The molecule has 1 atom stereocenters. The minimum absolute atomic E-state index is 0.00701. The maximum Gasteiger partial charge on any atom is 0.305 e. The topological polar surface area (TPSA) is 75.4 Å². The van der Waals surface area contributed by atoms with E-state index in [0.29, 0.717) is 18.7 Å². The van der Waals surface area contributed by atoms with Crippen molar-refractivity contribution in [1.29, 1.82) is 0 Å². The second kappa shape index (κ2) is 6.64. The van der Waals surface area contributed by atoms with Crippen LogP contribution in [-0.2, 0) is 11.3 Å². The standard InChI is InChI=1S/C17H19N3O3/c21-16(22)11-14-6-3-10-20(14)17(23)15-7-2-1-5-13(15)12-19-9-4-8-18-19/h1-2,4-5,7-9,14H,3,6,10-12H2,(H,21,22). The van der Waals surface area contributed by atoms with Gasteiger partial charge in [0, 0.05) is 30.5 Å². The van der Waals surface area contributed by atoms with Crippen LogP contribution in [0.4, 0.5) is 0 Å². The summed E-state index contributed by atoms with van der Waals surface area (Å²) in [5.74, 6) is -0.948. The minimum atomic E-state index is -0.862. The Morgan fingerprint density at radius 3 is 2.83 bits per heavy atom. The van der Waals surface area contributed by atoms with Crippen molar-refractivity contribution in [2.45, 2.75) is 31.8 Å². The molecule has 3 rings (SSSR count). The van der Waals surface area contributed by atoms with E-state index in [4.69, 9.17) is 5.11 Å². The highest BCUT2D eigenvalue weighted by molar-refractivity contribution is 5.96. The average Bonchev–Trinajstić information content (AvgIpc) is 3.18. The molecule has 0 spiro atoms. The first-order chi connectivity index (χ1) is 11.1. The molecule has 6 heteroatoms. The van der Waals surface area contributed by atoms with E-state index in [1.807, 2.05) is 30.5 Å². The lowest BCUT2D eigenvalue weighted by Gasteiger charge is -2.24. The van der Waals surface area contributed by atoms with Crippen molar-refractivity contribution < 1.29 is 14.7 Å². The lowest BCUT2D eigenvalue weighted by molar-refractivity contribution is -0.137. The molecular weight excluding hydrogens is 294 g/mol. The molecule has 2 aromatic rings. The smallest absolute Gasteiger partial charge is 0.305 e. The zero-order chi connectivity index (χ0) is 16.2. The molecule has 6 nitrogen and oxygen atoms in total. The summed E-state index contributed by atoms with van der Waals surface area (Å²) in [6.07, 6.45) is 5.16. The second-order valence-electron chi connectivity index (χ2n) is 5.75. The molecule has 1 saturated heterocycles. The summed E-state index contributed by atoms with van der Waals surface area (Å²) in [5.41, 5.74) is 1.52. The second-order valence-corrected chi connectivity index (χ2v) is 5.75. The molecule has 1 aliphatic rings. The van der Waals surface area contributed by atoms with Crippen LogP contribution in [0.25, 0.3) is 0 Å². The molecule has 1 aromatic carbocycles. The first-order valence-corrected chi connectivity index (χ1v) is 7.73. The quantitative estimate of drug-likeness (QED) is 0.916. The van der Waals surface area contributed by atoms with Gasteiger partial charge in [-0.1, -0.05) is 18.2 Å². The molecule has 0 aliphatic carbocycles. The number of carbonyl (C=O) groups is 2. The normalized spacial score (nSPS) is 17.4. The van der Waals surface area contributed by atoms with Crippen molar-refractivity contribution in [2.75, 3.05) is 6.54 Å². The van der Waals surface area contributed by atoms with E-state index in [1.165, 1.54) is 0 Å². The number of aromatic nitrogens is 2.